The number of carbonyl (C=O) groups is 1. The van der Waals surface area contributed by atoms with Crippen LogP contribution >= 0.6 is 0 Å². The molecule has 1 N–H and O–H groups in total. The third-order valence-corrected chi connectivity index (χ3v) is 8.80. The van der Waals surface area contributed by atoms with E-state index in [0.717, 1.165) is 64.9 Å². The fraction of sp³-hybridized carbons (Fsp3) is 0.389. The molecule has 0 unspecified atom stereocenters. The zero-order valence-electron chi connectivity index (χ0n) is 25.9. The molecule has 0 fully saturated rings. The zero-order valence-corrected chi connectivity index (χ0v) is 28.3. The summed E-state index contributed by atoms with van der Waals surface area (Å²) < 4.78 is 27.7. The van der Waals surface area contributed by atoms with Crippen LogP contribution in [0.15, 0.2) is 60.5 Å². The maximum absolute atomic E-state index is 14.0. The molecule has 0 bridgehead atoms. The number of nitrogens with zero attached hydrogens (tertiary/aromatic N) is 1. The summed E-state index contributed by atoms with van der Waals surface area (Å²) in [5.74, 6) is -0.846. The first kappa shape index (κ1) is 35.2. The molecule has 0 aliphatic rings. The van der Waals surface area contributed by atoms with Crippen LogP contribution in [0.1, 0.15) is 78.4 Å². The number of fused-ring (bicyclic) bond motifs is 3. The van der Waals surface area contributed by atoms with E-state index in [1.807, 2.05) is 67.5 Å². The first-order valence-corrected chi connectivity index (χ1v) is 14.4. The topological polar surface area (TPSA) is 50.2 Å². The fourth-order valence-electron chi connectivity index (χ4n) is 4.94. The van der Waals surface area contributed by atoms with Gasteiger partial charge in [-0.2, -0.15) is 0 Å². The molecule has 42 heavy (non-hydrogen) atoms. The molecule has 4 aromatic rings. The molecule has 0 aliphatic heterocycles. The molecule has 1 radical (unpaired) electrons. The molecule has 0 aliphatic carbocycles. The Morgan fingerprint density at radius 3 is 2.02 bits per heavy atom. The van der Waals surface area contributed by atoms with Crippen LogP contribution in [0.2, 0.25) is 0 Å². The van der Waals surface area contributed by atoms with Crippen LogP contribution in [0.5, 0.6) is 0 Å². The van der Waals surface area contributed by atoms with E-state index in [0.29, 0.717) is 10.8 Å². The number of aliphatic hydroxyl groups is 1. The van der Waals surface area contributed by atoms with E-state index in [1.54, 1.807) is 18.3 Å². The Hall–Kier alpha value is -2.95. The van der Waals surface area contributed by atoms with Gasteiger partial charge in [-0.15, -0.1) is 34.9 Å². The summed E-state index contributed by atoms with van der Waals surface area (Å²) in [4.78, 5) is 16.7. The van der Waals surface area contributed by atoms with Gasteiger partial charge in [-0.05, 0) is 59.7 Å². The van der Waals surface area contributed by atoms with Crippen molar-refractivity contribution in [2.24, 2.45) is 10.8 Å². The molecule has 1 heterocycles. The Kier molecular flexibility index (Phi) is 12.2. The standard InChI is InChI=1S/C21H14F2N.C15H28O2.Ir/c1-12-7-13(2)9-14(8-12)21-18-4-3-17-19(16(18)5-6-24-21)10-15(22)11-20(17)23;1-7-14(5,8-2)12(16)11-13(17)15(6,9-3)10-4;/h3-8,10-11H,1-2H3;11,16H,7-10H2,1-6H3;/q-1;;/b;12-11-;. The SMILES string of the molecule is CCC(C)(CC)C(=O)/C=C(\O)C(C)(CC)CC.Cc1[c-]c(-c2nccc3c2ccc2c(F)cc(F)cc23)cc(C)c1.[Ir]. The Morgan fingerprint density at radius 2 is 1.45 bits per heavy atom. The Morgan fingerprint density at radius 1 is 0.857 bits per heavy atom. The average Bonchev–Trinajstić information content (AvgIpc) is 2.95. The molecule has 0 spiro atoms. The number of rotatable bonds is 8. The molecule has 4 rings (SSSR count). The molecule has 3 nitrogen and oxygen atoms in total. The number of aryl methyl sites for hydroxylation is 2. The number of allylic oxidation sites excluding steroid dienone is 2. The van der Waals surface area contributed by atoms with E-state index in [9.17, 15) is 18.7 Å². The first-order chi connectivity index (χ1) is 19.3. The maximum atomic E-state index is 14.0. The largest absolute Gasteiger partial charge is 0.512 e. The molecular formula is C36H42F2IrNO2-. The normalized spacial score (nSPS) is 12.1. The fourth-order valence-corrected chi connectivity index (χ4v) is 4.94. The van der Waals surface area contributed by atoms with Crippen LogP contribution < -0.4 is 0 Å². The number of halogens is 2. The minimum atomic E-state index is -0.580. The predicted octanol–water partition coefficient (Wildman–Crippen LogP) is 10.4. The third kappa shape index (κ3) is 7.51. The Bertz CT molecular complexity index is 1570. The monoisotopic (exact) mass is 751 g/mol. The Balaban J connectivity index is 0.000000307. The van der Waals surface area contributed by atoms with Crippen LogP contribution in [0.25, 0.3) is 32.8 Å². The molecule has 3 aromatic carbocycles. The smallest absolute Gasteiger partial charge is 0.164 e. The predicted molar refractivity (Wildman–Crippen MR) is 166 cm³/mol. The van der Waals surface area contributed by atoms with Gasteiger partial charge in [0.05, 0.1) is 0 Å². The Labute approximate surface area is 262 Å². The van der Waals surface area contributed by atoms with Crippen molar-refractivity contribution >= 4 is 27.3 Å². The number of benzene rings is 3. The van der Waals surface area contributed by atoms with Gasteiger partial charge in [0.15, 0.2) is 5.78 Å². The van der Waals surface area contributed by atoms with Crippen molar-refractivity contribution < 1.29 is 38.8 Å². The van der Waals surface area contributed by atoms with Crippen molar-refractivity contribution in [1.29, 1.82) is 0 Å². The van der Waals surface area contributed by atoms with E-state index in [1.165, 1.54) is 12.1 Å². The van der Waals surface area contributed by atoms with Gasteiger partial charge >= 0.3 is 0 Å². The average molecular weight is 751 g/mol. The number of aliphatic hydroxyl groups excluding tert-OH is 1. The van der Waals surface area contributed by atoms with Crippen LogP contribution in [0.3, 0.4) is 0 Å². The second-order valence-electron chi connectivity index (χ2n) is 11.5. The van der Waals surface area contributed by atoms with Crippen LogP contribution in [-0.2, 0) is 24.9 Å². The van der Waals surface area contributed by atoms with Crippen LogP contribution in [-0.4, -0.2) is 15.9 Å². The van der Waals surface area contributed by atoms with Crippen molar-refractivity contribution in [3.63, 3.8) is 0 Å². The summed E-state index contributed by atoms with van der Waals surface area (Å²) in [5, 5.41) is 12.7. The molecule has 0 saturated heterocycles. The maximum Gasteiger partial charge on any atom is 0.164 e. The minimum absolute atomic E-state index is 0. The van der Waals surface area contributed by atoms with E-state index in [2.05, 4.69) is 17.1 Å². The number of carbonyl (C=O) groups excluding carboxylic acids is 1. The van der Waals surface area contributed by atoms with Gasteiger partial charge < -0.3 is 10.1 Å². The quantitative estimate of drug-likeness (QED) is 0.0845. The van der Waals surface area contributed by atoms with E-state index < -0.39 is 11.6 Å². The van der Waals surface area contributed by atoms with Crippen LogP contribution in [0, 0.1) is 42.4 Å². The van der Waals surface area contributed by atoms with Gasteiger partial charge in [-0.25, -0.2) is 8.78 Å². The number of hydrogen-bond acceptors (Lipinski definition) is 3. The number of hydrogen-bond donors (Lipinski definition) is 1. The summed E-state index contributed by atoms with van der Waals surface area (Å²) in [5.41, 5.74) is 3.20. The second-order valence-corrected chi connectivity index (χ2v) is 11.5. The van der Waals surface area contributed by atoms with Gasteiger partial charge in [0.2, 0.25) is 0 Å². The van der Waals surface area contributed by atoms with Crippen molar-refractivity contribution in [2.75, 3.05) is 0 Å². The summed E-state index contributed by atoms with van der Waals surface area (Å²) in [6, 6.07) is 15.0. The van der Waals surface area contributed by atoms with Gasteiger partial charge in [0, 0.05) is 54.7 Å². The van der Waals surface area contributed by atoms with Crippen molar-refractivity contribution in [3.05, 3.63) is 89.3 Å². The van der Waals surface area contributed by atoms with Crippen molar-refractivity contribution in [3.8, 4) is 11.3 Å². The van der Waals surface area contributed by atoms with E-state index in [4.69, 9.17) is 0 Å². The van der Waals surface area contributed by atoms with E-state index in [-0.39, 0.29) is 42.5 Å². The van der Waals surface area contributed by atoms with Gasteiger partial charge in [0.1, 0.15) is 17.4 Å². The molecule has 0 saturated carbocycles. The van der Waals surface area contributed by atoms with Crippen molar-refractivity contribution in [2.45, 2.75) is 81.1 Å². The number of aromatic nitrogens is 1. The second kappa shape index (κ2) is 14.5. The summed E-state index contributed by atoms with van der Waals surface area (Å²) in [6.45, 7) is 16.1. The molecule has 6 heteroatoms. The van der Waals surface area contributed by atoms with Gasteiger partial charge in [-0.1, -0.05) is 67.5 Å². The summed E-state index contributed by atoms with van der Waals surface area (Å²) in [6.07, 6.45) is 6.43. The zero-order chi connectivity index (χ0) is 30.5. The summed E-state index contributed by atoms with van der Waals surface area (Å²) in [7, 11) is 0. The molecule has 1 aromatic heterocycles. The molecule has 0 atom stereocenters. The van der Waals surface area contributed by atoms with Crippen LogP contribution in [0.4, 0.5) is 8.78 Å². The number of ketones is 1. The van der Waals surface area contributed by atoms with Gasteiger partial charge in [-0.3, -0.25) is 4.79 Å². The van der Waals surface area contributed by atoms with E-state index >= 15 is 0 Å². The first-order valence-electron chi connectivity index (χ1n) is 14.4. The molecule has 0 amide bonds. The van der Waals surface area contributed by atoms with Crippen molar-refractivity contribution in [1.82, 2.24) is 4.98 Å². The summed E-state index contributed by atoms with van der Waals surface area (Å²) >= 11 is 0. The molecular weight excluding hydrogens is 709 g/mol. The molecule has 227 valence electrons. The van der Waals surface area contributed by atoms with Gasteiger partial charge in [0.25, 0.3) is 0 Å². The third-order valence-electron chi connectivity index (χ3n) is 8.80. The minimum Gasteiger partial charge on any atom is -0.512 e. The number of pyridine rings is 1.